The standard InChI is InChI=1S/C30H36ClN7O4S/c1-15-32-18-11-10-17(23(31)25(18)43-15)24-22-26(38(35-24)21-8-6-7-13-41-21)34-28(36(5)27(22)39)37-16-9-12-20(37)19(14-16)33-29(40)42-30(2,3)4/h10-11,16,19-21H,6-9,12-14H2,1-5H3,(H,33,40)/t16-,19+,20+,21?/m0/s1. The lowest BCUT2D eigenvalue weighted by molar-refractivity contribution is -0.0368. The number of alkyl carbamates (subject to hydrolysis) is 1. The van der Waals surface area contributed by atoms with Crippen LogP contribution in [0.2, 0.25) is 5.02 Å². The van der Waals surface area contributed by atoms with Crippen LogP contribution in [0.4, 0.5) is 10.7 Å². The van der Waals surface area contributed by atoms with E-state index in [9.17, 15) is 9.59 Å². The van der Waals surface area contributed by atoms with Crippen molar-refractivity contribution in [2.24, 2.45) is 7.05 Å². The van der Waals surface area contributed by atoms with Crippen LogP contribution in [0.15, 0.2) is 16.9 Å². The Balaban J connectivity index is 1.34. The minimum Gasteiger partial charge on any atom is -0.444 e. The Bertz CT molecular complexity index is 1800. The third kappa shape index (κ3) is 4.87. The van der Waals surface area contributed by atoms with Crippen LogP contribution in [0.1, 0.15) is 70.5 Å². The summed E-state index contributed by atoms with van der Waals surface area (Å²) in [7, 11) is 1.76. The molecular formula is C30H36ClN7O4S. The van der Waals surface area contributed by atoms with Gasteiger partial charge in [-0.2, -0.15) is 10.1 Å². The monoisotopic (exact) mass is 625 g/mol. The number of hydrogen-bond acceptors (Lipinski definition) is 9. The van der Waals surface area contributed by atoms with Crippen molar-refractivity contribution in [3.05, 3.63) is 32.5 Å². The second-order valence-corrected chi connectivity index (χ2v) is 14.4. The molecule has 1 amide bonds. The lowest BCUT2D eigenvalue weighted by Crippen LogP contribution is -2.46. The first kappa shape index (κ1) is 28.5. The van der Waals surface area contributed by atoms with Gasteiger partial charge in [-0.15, -0.1) is 11.3 Å². The van der Waals surface area contributed by atoms with Gasteiger partial charge in [0.1, 0.15) is 16.7 Å². The maximum absolute atomic E-state index is 14.3. The fourth-order valence-electron chi connectivity index (χ4n) is 6.86. The summed E-state index contributed by atoms with van der Waals surface area (Å²) in [5.41, 5.74) is 1.70. The molecule has 0 radical (unpaired) electrons. The summed E-state index contributed by atoms with van der Waals surface area (Å²) in [5, 5.41) is 9.93. The van der Waals surface area contributed by atoms with Gasteiger partial charge >= 0.3 is 6.09 Å². The number of benzene rings is 1. The van der Waals surface area contributed by atoms with Crippen LogP contribution in [0.25, 0.3) is 32.5 Å². The molecule has 2 bridgehead atoms. The third-order valence-corrected chi connectivity index (χ3v) is 10.2. The molecule has 4 atom stereocenters. The van der Waals surface area contributed by atoms with Crippen molar-refractivity contribution in [2.75, 3.05) is 11.5 Å². The molecule has 7 rings (SSSR count). The van der Waals surface area contributed by atoms with Crippen LogP contribution >= 0.6 is 22.9 Å². The molecule has 3 aromatic heterocycles. The van der Waals surface area contributed by atoms with E-state index in [4.69, 9.17) is 31.2 Å². The summed E-state index contributed by atoms with van der Waals surface area (Å²) in [6.07, 6.45) is 4.62. The molecule has 6 heterocycles. The molecule has 1 N–H and O–H groups in total. The number of amides is 1. The topological polar surface area (TPSA) is 116 Å². The summed E-state index contributed by atoms with van der Waals surface area (Å²) >= 11 is 8.49. The highest BCUT2D eigenvalue weighted by atomic mass is 35.5. The zero-order valence-electron chi connectivity index (χ0n) is 25.0. The first-order chi connectivity index (χ1) is 20.5. The highest BCUT2D eigenvalue weighted by molar-refractivity contribution is 7.19. The largest absolute Gasteiger partial charge is 0.444 e. The number of ether oxygens (including phenoxy) is 2. The number of halogens is 1. The van der Waals surface area contributed by atoms with Gasteiger partial charge in [-0.1, -0.05) is 11.6 Å². The Morgan fingerprint density at radius 2 is 2.00 bits per heavy atom. The number of nitrogens with one attached hydrogen (secondary N) is 1. The smallest absolute Gasteiger partial charge is 0.407 e. The number of anilines is 1. The number of carbonyl (C=O) groups is 1. The fourth-order valence-corrected chi connectivity index (χ4v) is 8.09. The van der Waals surface area contributed by atoms with E-state index in [1.807, 2.05) is 39.8 Å². The Hall–Kier alpha value is -3.22. The van der Waals surface area contributed by atoms with E-state index in [1.54, 1.807) is 16.3 Å². The molecule has 0 aliphatic carbocycles. The maximum Gasteiger partial charge on any atom is 0.407 e. The van der Waals surface area contributed by atoms with E-state index in [0.717, 1.165) is 53.7 Å². The lowest BCUT2D eigenvalue weighted by Gasteiger charge is -2.28. The molecular weight excluding hydrogens is 590 g/mol. The van der Waals surface area contributed by atoms with E-state index in [0.29, 0.717) is 39.9 Å². The SMILES string of the molecule is Cc1nc2ccc(-c3nn(C4CCCCO4)c4nc(N5[C@H]6CC[C@@H]5[C@H](NC(=O)OC(C)(C)C)C6)n(C)c(=O)c34)c(Cl)c2s1. The quantitative estimate of drug-likeness (QED) is 0.307. The molecule has 13 heteroatoms. The average molecular weight is 626 g/mol. The summed E-state index contributed by atoms with van der Waals surface area (Å²) in [6.45, 7) is 8.13. The molecule has 3 fully saturated rings. The van der Waals surface area contributed by atoms with E-state index >= 15 is 0 Å². The van der Waals surface area contributed by atoms with Gasteiger partial charge < -0.3 is 19.7 Å². The first-order valence-corrected chi connectivity index (χ1v) is 16.1. The van der Waals surface area contributed by atoms with Gasteiger partial charge in [0, 0.05) is 25.3 Å². The second-order valence-electron chi connectivity index (χ2n) is 12.8. The minimum atomic E-state index is -0.582. The summed E-state index contributed by atoms with van der Waals surface area (Å²) in [4.78, 5) is 38.9. The number of aromatic nitrogens is 5. The average Bonchev–Trinajstić information content (AvgIpc) is 3.71. The van der Waals surface area contributed by atoms with Crippen LogP contribution in [0.3, 0.4) is 0 Å². The molecule has 228 valence electrons. The van der Waals surface area contributed by atoms with Gasteiger partial charge in [0.2, 0.25) is 5.95 Å². The van der Waals surface area contributed by atoms with Gasteiger partial charge in [0.15, 0.2) is 11.9 Å². The number of nitrogens with zero attached hydrogens (tertiary/aromatic N) is 6. The molecule has 4 aromatic rings. The predicted octanol–water partition coefficient (Wildman–Crippen LogP) is 5.70. The van der Waals surface area contributed by atoms with E-state index in [1.165, 1.54) is 11.3 Å². The van der Waals surface area contributed by atoms with E-state index < -0.39 is 11.7 Å². The molecule has 3 aliphatic rings. The summed E-state index contributed by atoms with van der Waals surface area (Å²) in [5.74, 6) is 0.571. The number of carbonyl (C=O) groups excluding carboxylic acids is 1. The third-order valence-electron chi connectivity index (χ3n) is 8.67. The summed E-state index contributed by atoms with van der Waals surface area (Å²) < 4.78 is 15.9. The van der Waals surface area contributed by atoms with Gasteiger partial charge in [-0.3, -0.25) is 9.36 Å². The van der Waals surface area contributed by atoms with Crippen molar-refractivity contribution in [1.82, 2.24) is 29.6 Å². The van der Waals surface area contributed by atoms with Crippen LogP contribution in [-0.2, 0) is 16.5 Å². The highest BCUT2D eigenvalue weighted by Gasteiger charge is 2.49. The first-order valence-electron chi connectivity index (χ1n) is 14.9. The van der Waals surface area contributed by atoms with Gasteiger partial charge in [-0.25, -0.2) is 14.5 Å². The predicted molar refractivity (Wildman–Crippen MR) is 167 cm³/mol. The number of hydrogen-bond donors (Lipinski definition) is 1. The maximum atomic E-state index is 14.3. The lowest BCUT2D eigenvalue weighted by atomic mass is 9.96. The zero-order valence-corrected chi connectivity index (χ0v) is 26.6. The Morgan fingerprint density at radius 3 is 2.74 bits per heavy atom. The van der Waals surface area contributed by atoms with E-state index in [-0.39, 0.29) is 29.9 Å². The zero-order chi connectivity index (χ0) is 30.2. The van der Waals surface area contributed by atoms with Crippen molar-refractivity contribution in [2.45, 2.75) is 96.2 Å². The van der Waals surface area contributed by atoms with Crippen LogP contribution in [-0.4, -0.2) is 60.7 Å². The van der Waals surface area contributed by atoms with Crippen LogP contribution in [0.5, 0.6) is 0 Å². The Morgan fingerprint density at radius 1 is 1.19 bits per heavy atom. The van der Waals surface area contributed by atoms with E-state index in [2.05, 4.69) is 15.2 Å². The molecule has 0 saturated carbocycles. The molecule has 3 aliphatic heterocycles. The fraction of sp³-hybridized carbons (Fsp3) is 0.567. The molecule has 11 nitrogen and oxygen atoms in total. The van der Waals surface area contributed by atoms with Crippen LogP contribution < -0.4 is 15.8 Å². The molecule has 3 saturated heterocycles. The summed E-state index contributed by atoms with van der Waals surface area (Å²) in [6, 6.07) is 3.86. The number of aryl methyl sites for hydroxylation is 1. The van der Waals surface area contributed by atoms with Crippen molar-refractivity contribution < 1.29 is 14.3 Å². The normalized spacial score (nSPS) is 23.9. The molecule has 43 heavy (non-hydrogen) atoms. The Kier molecular flexibility index (Phi) is 6.94. The number of thiazole rings is 1. The highest BCUT2D eigenvalue weighted by Crippen LogP contribution is 2.43. The number of rotatable bonds is 4. The van der Waals surface area contributed by atoms with Crippen molar-refractivity contribution in [3.63, 3.8) is 0 Å². The molecule has 1 aromatic carbocycles. The van der Waals surface area contributed by atoms with Crippen LogP contribution in [0, 0.1) is 6.92 Å². The van der Waals surface area contributed by atoms with Crippen molar-refractivity contribution in [1.29, 1.82) is 0 Å². The number of fused-ring (bicyclic) bond motifs is 4. The van der Waals surface area contributed by atoms with Gasteiger partial charge in [-0.05, 0) is 78.4 Å². The van der Waals surface area contributed by atoms with Crippen molar-refractivity contribution in [3.8, 4) is 11.3 Å². The molecule has 1 unspecified atom stereocenters. The van der Waals surface area contributed by atoms with Crippen molar-refractivity contribution >= 4 is 56.2 Å². The molecule has 0 spiro atoms. The second kappa shape index (κ2) is 10.4. The Labute approximate surface area is 258 Å². The minimum absolute atomic E-state index is 0.00117. The van der Waals surface area contributed by atoms with Gasteiger partial charge in [0.05, 0.1) is 32.3 Å². The van der Waals surface area contributed by atoms with Gasteiger partial charge in [0.25, 0.3) is 5.56 Å².